The number of hydrogen-bond acceptors (Lipinski definition) is 5. The van der Waals surface area contributed by atoms with Crippen LogP contribution in [0.15, 0.2) is 0 Å². The Kier molecular flexibility index (Phi) is 4.25. The van der Waals surface area contributed by atoms with Gasteiger partial charge in [0.15, 0.2) is 0 Å². The van der Waals surface area contributed by atoms with Crippen LogP contribution in [0.4, 0.5) is 0 Å². The van der Waals surface area contributed by atoms with Crippen molar-refractivity contribution in [2.75, 3.05) is 52.9 Å². The summed E-state index contributed by atoms with van der Waals surface area (Å²) in [6, 6.07) is 0.737. The number of piperazine rings is 1. The molecule has 2 aliphatic rings. The number of nitrogens with zero attached hydrogens (tertiary/aromatic N) is 2. The van der Waals surface area contributed by atoms with Gasteiger partial charge in [0.25, 0.3) is 0 Å². The molecule has 2 saturated heterocycles. The monoisotopic (exact) mass is 255 g/mol. The third kappa shape index (κ3) is 3.02. The summed E-state index contributed by atoms with van der Waals surface area (Å²) in [5.41, 5.74) is -0.408. The standard InChI is InChI=1S/C13H25N3O2/c1-13(2,12(17)18-3)10-15-4-6-16(7-5-15)11-8-14-9-11/h11,14H,4-10H2,1-3H3. The first-order valence-electron chi connectivity index (χ1n) is 6.78. The van der Waals surface area contributed by atoms with Crippen LogP contribution in [0.25, 0.3) is 0 Å². The summed E-state index contributed by atoms with van der Waals surface area (Å²) in [5.74, 6) is -0.117. The molecule has 0 spiro atoms. The normalized spacial score (nSPS) is 23.7. The van der Waals surface area contributed by atoms with Gasteiger partial charge in [0.2, 0.25) is 0 Å². The van der Waals surface area contributed by atoms with E-state index in [1.54, 1.807) is 0 Å². The van der Waals surface area contributed by atoms with E-state index in [1.807, 2.05) is 13.8 Å². The van der Waals surface area contributed by atoms with E-state index in [4.69, 9.17) is 4.74 Å². The molecule has 2 heterocycles. The highest BCUT2D eigenvalue weighted by Crippen LogP contribution is 2.20. The maximum absolute atomic E-state index is 11.7. The molecule has 2 aliphatic heterocycles. The fourth-order valence-corrected chi connectivity index (χ4v) is 2.72. The highest BCUT2D eigenvalue weighted by atomic mass is 16.5. The summed E-state index contributed by atoms with van der Waals surface area (Å²) in [5, 5.41) is 3.31. The summed E-state index contributed by atoms with van der Waals surface area (Å²) in [6.45, 7) is 11.3. The lowest BCUT2D eigenvalue weighted by Crippen LogP contribution is -2.62. The Labute approximate surface area is 109 Å². The number of esters is 1. The minimum Gasteiger partial charge on any atom is -0.469 e. The minimum atomic E-state index is -0.408. The molecule has 0 unspecified atom stereocenters. The molecule has 0 amide bonds. The van der Waals surface area contributed by atoms with Gasteiger partial charge in [-0.15, -0.1) is 0 Å². The minimum absolute atomic E-state index is 0.117. The molecule has 0 bridgehead atoms. The van der Waals surface area contributed by atoms with Gasteiger partial charge in [-0.05, 0) is 13.8 Å². The van der Waals surface area contributed by atoms with Crippen LogP contribution in [0, 0.1) is 5.41 Å². The molecule has 0 atom stereocenters. The number of ether oxygens (including phenoxy) is 1. The van der Waals surface area contributed by atoms with E-state index >= 15 is 0 Å². The Morgan fingerprint density at radius 2 is 1.89 bits per heavy atom. The van der Waals surface area contributed by atoms with E-state index in [0.29, 0.717) is 0 Å². The SMILES string of the molecule is COC(=O)C(C)(C)CN1CCN(C2CNC2)CC1. The highest BCUT2D eigenvalue weighted by molar-refractivity contribution is 5.76. The van der Waals surface area contributed by atoms with Gasteiger partial charge in [0.05, 0.1) is 12.5 Å². The Morgan fingerprint density at radius 1 is 1.28 bits per heavy atom. The number of carbonyl (C=O) groups is 1. The largest absolute Gasteiger partial charge is 0.469 e. The Morgan fingerprint density at radius 3 is 2.33 bits per heavy atom. The van der Waals surface area contributed by atoms with E-state index in [-0.39, 0.29) is 5.97 Å². The first-order chi connectivity index (χ1) is 8.53. The van der Waals surface area contributed by atoms with Gasteiger partial charge in [-0.25, -0.2) is 0 Å². The highest BCUT2D eigenvalue weighted by Gasteiger charge is 2.33. The van der Waals surface area contributed by atoms with Crippen LogP contribution in [-0.2, 0) is 9.53 Å². The number of carbonyl (C=O) groups excluding carboxylic acids is 1. The van der Waals surface area contributed by atoms with Crippen molar-refractivity contribution in [2.24, 2.45) is 5.41 Å². The fraction of sp³-hybridized carbons (Fsp3) is 0.923. The van der Waals surface area contributed by atoms with E-state index in [9.17, 15) is 4.79 Å². The molecule has 0 aromatic heterocycles. The smallest absolute Gasteiger partial charge is 0.312 e. The van der Waals surface area contributed by atoms with Gasteiger partial charge < -0.3 is 10.1 Å². The van der Waals surface area contributed by atoms with E-state index in [1.165, 1.54) is 7.11 Å². The van der Waals surface area contributed by atoms with Crippen LogP contribution in [-0.4, -0.2) is 74.7 Å². The van der Waals surface area contributed by atoms with Crippen LogP contribution >= 0.6 is 0 Å². The lowest BCUT2D eigenvalue weighted by molar-refractivity contribution is -0.152. The Hall–Kier alpha value is -0.650. The van der Waals surface area contributed by atoms with Gasteiger partial charge in [0.1, 0.15) is 0 Å². The first kappa shape index (κ1) is 13.8. The van der Waals surface area contributed by atoms with Crippen molar-refractivity contribution in [1.29, 1.82) is 0 Å². The van der Waals surface area contributed by atoms with Gasteiger partial charge in [0, 0.05) is 51.9 Å². The predicted molar refractivity (Wildman–Crippen MR) is 70.5 cm³/mol. The second-order valence-corrected chi connectivity index (χ2v) is 6.00. The van der Waals surface area contributed by atoms with Crippen molar-refractivity contribution in [2.45, 2.75) is 19.9 Å². The summed E-state index contributed by atoms with van der Waals surface area (Å²) in [4.78, 5) is 16.6. The van der Waals surface area contributed by atoms with Gasteiger partial charge in [-0.2, -0.15) is 0 Å². The summed E-state index contributed by atoms with van der Waals surface area (Å²) in [7, 11) is 1.46. The molecule has 2 fully saturated rings. The number of rotatable bonds is 4. The predicted octanol–water partition coefficient (Wildman–Crippen LogP) is -0.225. The second kappa shape index (κ2) is 5.55. The van der Waals surface area contributed by atoms with Crippen LogP contribution < -0.4 is 5.32 Å². The van der Waals surface area contributed by atoms with Gasteiger partial charge in [-0.3, -0.25) is 14.6 Å². The van der Waals surface area contributed by atoms with Gasteiger partial charge >= 0.3 is 5.97 Å². The average Bonchev–Trinajstić information content (AvgIpc) is 2.28. The van der Waals surface area contributed by atoms with Crippen molar-refractivity contribution >= 4 is 5.97 Å². The maximum atomic E-state index is 11.7. The van der Waals surface area contributed by atoms with Crippen LogP contribution in [0.5, 0.6) is 0 Å². The van der Waals surface area contributed by atoms with Gasteiger partial charge in [-0.1, -0.05) is 0 Å². The van der Waals surface area contributed by atoms with Crippen molar-refractivity contribution in [3.8, 4) is 0 Å². The molecule has 0 aromatic carbocycles. The topological polar surface area (TPSA) is 44.8 Å². The zero-order valence-electron chi connectivity index (χ0n) is 11.7. The van der Waals surface area contributed by atoms with Crippen molar-refractivity contribution in [3.05, 3.63) is 0 Å². The third-order valence-corrected chi connectivity index (χ3v) is 4.04. The van der Waals surface area contributed by atoms with Crippen LogP contribution in [0.3, 0.4) is 0 Å². The maximum Gasteiger partial charge on any atom is 0.312 e. The molecule has 0 saturated carbocycles. The fourth-order valence-electron chi connectivity index (χ4n) is 2.72. The van der Waals surface area contributed by atoms with Crippen molar-refractivity contribution in [3.63, 3.8) is 0 Å². The van der Waals surface area contributed by atoms with Crippen LogP contribution in [0.1, 0.15) is 13.8 Å². The summed E-state index contributed by atoms with van der Waals surface area (Å²) >= 11 is 0. The average molecular weight is 255 g/mol. The van der Waals surface area contributed by atoms with Crippen LogP contribution in [0.2, 0.25) is 0 Å². The molecule has 104 valence electrons. The molecular formula is C13H25N3O2. The van der Waals surface area contributed by atoms with E-state index in [2.05, 4.69) is 15.1 Å². The Bertz CT molecular complexity index is 295. The number of nitrogens with one attached hydrogen (secondary N) is 1. The third-order valence-electron chi connectivity index (χ3n) is 4.04. The first-order valence-corrected chi connectivity index (χ1v) is 6.78. The van der Waals surface area contributed by atoms with Crippen molar-refractivity contribution in [1.82, 2.24) is 15.1 Å². The molecule has 18 heavy (non-hydrogen) atoms. The second-order valence-electron chi connectivity index (χ2n) is 6.00. The van der Waals surface area contributed by atoms with Crippen molar-refractivity contribution < 1.29 is 9.53 Å². The Balaban J connectivity index is 1.77. The molecular weight excluding hydrogens is 230 g/mol. The lowest BCUT2D eigenvalue weighted by atomic mass is 9.92. The molecule has 0 aliphatic carbocycles. The summed E-state index contributed by atoms with van der Waals surface area (Å²) < 4.78 is 4.86. The lowest BCUT2D eigenvalue weighted by Gasteiger charge is -2.44. The molecule has 2 rings (SSSR count). The number of hydrogen-bond donors (Lipinski definition) is 1. The molecule has 0 aromatic rings. The molecule has 1 N–H and O–H groups in total. The number of methoxy groups -OCH3 is 1. The van der Waals surface area contributed by atoms with E-state index < -0.39 is 5.41 Å². The molecule has 0 radical (unpaired) electrons. The molecule has 5 heteroatoms. The summed E-state index contributed by atoms with van der Waals surface area (Å²) in [6.07, 6.45) is 0. The van der Waals surface area contributed by atoms with E-state index in [0.717, 1.165) is 51.9 Å². The molecule has 5 nitrogen and oxygen atoms in total. The zero-order valence-corrected chi connectivity index (χ0v) is 11.7. The quantitative estimate of drug-likeness (QED) is 0.703. The zero-order chi connectivity index (χ0) is 13.2.